The molecule has 11 heteroatoms. The summed E-state index contributed by atoms with van der Waals surface area (Å²) in [6, 6.07) is 7.74. The van der Waals surface area contributed by atoms with Crippen LogP contribution in [-0.2, 0) is 9.53 Å². The van der Waals surface area contributed by atoms with Gasteiger partial charge in [0.05, 0.1) is 40.5 Å². The average Bonchev–Trinajstić information content (AvgIpc) is 3.47. The van der Waals surface area contributed by atoms with E-state index < -0.39 is 0 Å². The summed E-state index contributed by atoms with van der Waals surface area (Å²) in [5.74, 6) is 1.28. The van der Waals surface area contributed by atoms with Crippen molar-refractivity contribution in [3.05, 3.63) is 47.0 Å². The molecule has 11 nitrogen and oxygen atoms in total. The molecule has 6 heterocycles. The van der Waals surface area contributed by atoms with E-state index in [-0.39, 0.29) is 35.2 Å². The molecule has 260 valence electrons. The number of H-pyrrole nitrogens is 1. The predicted octanol–water partition coefficient (Wildman–Crippen LogP) is 5.86. The molecule has 3 aliphatic rings. The lowest BCUT2D eigenvalue weighted by Crippen LogP contribution is -2.48. The van der Waals surface area contributed by atoms with Crippen molar-refractivity contribution in [3.8, 4) is 0 Å². The molecular formula is C37H53N7O4. The summed E-state index contributed by atoms with van der Waals surface area (Å²) in [6.07, 6.45) is 15.5. The number of anilines is 4. The number of carbonyl (C=O) groups excluding carboxylic acids is 1. The summed E-state index contributed by atoms with van der Waals surface area (Å²) in [4.78, 5) is 42.9. The van der Waals surface area contributed by atoms with Crippen LogP contribution in [0.25, 0.3) is 10.9 Å². The molecule has 0 aromatic carbocycles. The highest BCUT2D eigenvalue weighted by molar-refractivity contribution is 5.93. The smallest absolute Gasteiger partial charge is 0.310 e. The highest BCUT2D eigenvalue weighted by Gasteiger charge is 2.47. The average molecular weight is 660 g/mol. The zero-order valence-corrected chi connectivity index (χ0v) is 28.7. The SMILES string of the molecule is CCCCCCCCC(C)C(=O)OC1NCCC12CCN(c1cc(Nc3ccc(N4CCC(O)CC4)cn3)c3c(=O)[nH]ccc3n1)CC2. The summed E-state index contributed by atoms with van der Waals surface area (Å²) in [7, 11) is 0. The molecule has 0 amide bonds. The molecule has 0 saturated carbocycles. The van der Waals surface area contributed by atoms with Gasteiger partial charge in [-0.05, 0) is 63.3 Å². The van der Waals surface area contributed by atoms with E-state index in [0.29, 0.717) is 22.4 Å². The van der Waals surface area contributed by atoms with E-state index >= 15 is 0 Å². The van der Waals surface area contributed by atoms with Gasteiger partial charge < -0.3 is 29.9 Å². The molecule has 3 aromatic rings. The molecule has 2 atom stereocenters. The van der Waals surface area contributed by atoms with E-state index in [9.17, 15) is 14.7 Å². The quantitative estimate of drug-likeness (QED) is 0.131. The van der Waals surface area contributed by atoms with E-state index in [0.717, 1.165) is 89.2 Å². The van der Waals surface area contributed by atoms with Crippen LogP contribution in [0.2, 0.25) is 0 Å². The Kier molecular flexibility index (Phi) is 11.2. The summed E-state index contributed by atoms with van der Waals surface area (Å²) < 4.78 is 6.16. The van der Waals surface area contributed by atoms with E-state index in [1.165, 1.54) is 32.1 Å². The molecule has 0 radical (unpaired) electrons. The Morgan fingerprint density at radius 3 is 2.58 bits per heavy atom. The number of aromatic amines is 1. The number of aliphatic hydroxyl groups excluding tert-OH is 1. The fraction of sp³-hybridized carbons (Fsp3) is 0.622. The van der Waals surface area contributed by atoms with E-state index in [1.807, 2.05) is 37.4 Å². The molecule has 3 aromatic heterocycles. The number of nitrogens with zero attached hydrogens (tertiary/aromatic N) is 4. The first-order valence-corrected chi connectivity index (χ1v) is 18.2. The number of piperidine rings is 2. The van der Waals surface area contributed by atoms with Crippen LogP contribution in [0.3, 0.4) is 0 Å². The maximum Gasteiger partial charge on any atom is 0.310 e. The van der Waals surface area contributed by atoms with Crippen LogP contribution in [0.15, 0.2) is 41.5 Å². The first-order chi connectivity index (χ1) is 23.3. The summed E-state index contributed by atoms with van der Waals surface area (Å²) >= 11 is 0. The lowest BCUT2D eigenvalue weighted by atomic mass is 9.76. The van der Waals surface area contributed by atoms with Gasteiger partial charge in [0.2, 0.25) is 0 Å². The number of ether oxygens (including phenoxy) is 1. The molecule has 4 N–H and O–H groups in total. The Balaban J connectivity index is 1.10. The van der Waals surface area contributed by atoms with Crippen LogP contribution >= 0.6 is 0 Å². The number of rotatable bonds is 13. The Labute approximate surface area is 283 Å². The van der Waals surface area contributed by atoms with Crippen molar-refractivity contribution in [2.75, 3.05) is 47.8 Å². The van der Waals surface area contributed by atoms with E-state index in [4.69, 9.17) is 9.72 Å². The molecule has 3 fully saturated rings. The number of pyridine rings is 3. The summed E-state index contributed by atoms with van der Waals surface area (Å²) in [5, 5.41) is 17.2. The third-order valence-corrected chi connectivity index (χ3v) is 10.8. The number of unbranched alkanes of at least 4 members (excludes halogenated alkanes) is 5. The fourth-order valence-corrected chi connectivity index (χ4v) is 7.59. The first kappa shape index (κ1) is 34.2. The monoisotopic (exact) mass is 659 g/mol. The topological polar surface area (TPSA) is 136 Å². The van der Waals surface area contributed by atoms with Gasteiger partial charge in [0.1, 0.15) is 11.6 Å². The Morgan fingerprint density at radius 2 is 1.83 bits per heavy atom. The largest absolute Gasteiger partial charge is 0.446 e. The van der Waals surface area contributed by atoms with Gasteiger partial charge in [-0.3, -0.25) is 14.9 Å². The van der Waals surface area contributed by atoms with Crippen LogP contribution in [0.4, 0.5) is 23.0 Å². The number of hydrogen-bond acceptors (Lipinski definition) is 10. The number of nitrogens with one attached hydrogen (secondary N) is 3. The van der Waals surface area contributed by atoms with Crippen LogP contribution in [0.5, 0.6) is 0 Å². The van der Waals surface area contributed by atoms with Crippen molar-refractivity contribution >= 4 is 39.9 Å². The van der Waals surface area contributed by atoms with E-state index in [2.05, 4.69) is 37.3 Å². The minimum absolute atomic E-state index is 0.0841. The molecule has 3 saturated heterocycles. The Hall–Kier alpha value is -3.70. The van der Waals surface area contributed by atoms with Crippen molar-refractivity contribution in [3.63, 3.8) is 0 Å². The van der Waals surface area contributed by atoms with Crippen molar-refractivity contribution in [2.24, 2.45) is 11.3 Å². The van der Waals surface area contributed by atoms with Gasteiger partial charge in [0, 0.05) is 43.9 Å². The van der Waals surface area contributed by atoms with Crippen LogP contribution in [0.1, 0.15) is 90.9 Å². The Morgan fingerprint density at radius 1 is 1.06 bits per heavy atom. The van der Waals surface area contributed by atoms with Crippen molar-refractivity contribution in [1.29, 1.82) is 0 Å². The zero-order chi connectivity index (χ0) is 33.5. The molecule has 0 bridgehead atoms. The summed E-state index contributed by atoms with van der Waals surface area (Å²) in [6.45, 7) is 8.25. The second kappa shape index (κ2) is 15.7. The van der Waals surface area contributed by atoms with Crippen LogP contribution < -0.4 is 26.0 Å². The Bertz CT molecular complexity index is 1560. The molecule has 6 rings (SSSR count). The minimum atomic E-state index is -0.261. The van der Waals surface area contributed by atoms with Gasteiger partial charge in [-0.15, -0.1) is 0 Å². The third-order valence-electron chi connectivity index (χ3n) is 10.8. The van der Waals surface area contributed by atoms with Gasteiger partial charge in [0.25, 0.3) is 5.56 Å². The zero-order valence-electron chi connectivity index (χ0n) is 28.7. The first-order valence-electron chi connectivity index (χ1n) is 18.2. The maximum absolute atomic E-state index is 13.1. The molecule has 0 aliphatic carbocycles. The lowest BCUT2D eigenvalue weighted by Gasteiger charge is -2.42. The number of carbonyl (C=O) groups is 1. The number of fused-ring (bicyclic) bond motifs is 1. The molecule has 48 heavy (non-hydrogen) atoms. The molecular weight excluding hydrogens is 606 g/mol. The van der Waals surface area contributed by atoms with E-state index in [1.54, 1.807) is 6.20 Å². The lowest BCUT2D eigenvalue weighted by molar-refractivity contribution is -0.162. The number of aromatic nitrogens is 3. The standard InChI is InChI=1S/C37H53N7O4/c1-3-4-5-6-7-8-9-26(2)35(47)48-36-37(15-19-39-36)16-22-44(23-17-37)32-24-30(33-29(42-32)12-18-38-34(33)46)41-31-11-10-27(25-40-31)43-20-13-28(45)14-21-43/h10-12,18,24-26,28,36,39,45H,3-9,13-17,19-23H2,1-2H3,(H,38,46)(H,40,41,42). The normalized spacial score (nSPS) is 20.4. The molecule has 2 unspecified atom stereocenters. The van der Waals surface area contributed by atoms with Gasteiger partial charge in [-0.2, -0.15) is 0 Å². The number of esters is 1. The van der Waals surface area contributed by atoms with Crippen molar-refractivity contribution < 1.29 is 14.6 Å². The number of hydrogen-bond donors (Lipinski definition) is 4. The van der Waals surface area contributed by atoms with Gasteiger partial charge >= 0.3 is 5.97 Å². The maximum atomic E-state index is 13.1. The molecule has 1 spiro atoms. The number of aliphatic hydroxyl groups is 1. The highest BCUT2D eigenvalue weighted by Crippen LogP contribution is 2.43. The van der Waals surface area contributed by atoms with Crippen molar-refractivity contribution in [1.82, 2.24) is 20.3 Å². The van der Waals surface area contributed by atoms with Gasteiger partial charge in [0.15, 0.2) is 6.23 Å². The van der Waals surface area contributed by atoms with Crippen LogP contribution in [-0.4, -0.2) is 71.1 Å². The summed E-state index contributed by atoms with van der Waals surface area (Å²) in [5.41, 5.74) is 2.01. The second-order valence-corrected chi connectivity index (χ2v) is 14.2. The fourth-order valence-electron chi connectivity index (χ4n) is 7.59. The predicted molar refractivity (Wildman–Crippen MR) is 191 cm³/mol. The van der Waals surface area contributed by atoms with Crippen LogP contribution in [0, 0.1) is 11.3 Å². The van der Waals surface area contributed by atoms with Crippen molar-refractivity contribution in [2.45, 2.75) is 103 Å². The van der Waals surface area contributed by atoms with Gasteiger partial charge in [-0.25, -0.2) is 9.97 Å². The molecule has 3 aliphatic heterocycles. The third kappa shape index (κ3) is 7.94. The minimum Gasteiger partial charge on any atom is -0.446 e. The second-order valence-electron chi connectivity index (χ2n) is 14.2. The highest BCUT2D eigenvalue weighted by atomic mass is 16.6. The van der Waals surface area contributed by atoms with Gasteiger partial charge in [-0.1, -0.05) is 52.4 Å².